The van der Waals surface area contributed by atoms with E-state index in [1.165, 1.54) is 16.9 Å². The Labute approximate surface area is 176 Å². The van der Waals surface area contributed by atoms with Crippen LogP contribution in [0.4, 0.5) is 0 Å². The molecular formula is C21H30N4O3S. The van der Waals surface area contributed by atoms with Crippen LogP contribution in [-0.4, -0.2) is 44.2 Å². The standard InChI is InChI=1S/C21H30N4O3S/c1-6-28-20(26)18-14(2)24-19(29-18)15(3)25-21(22-4)23-12-8-10-16-9-7-11-17(13-16)27-5/h7,9,11,13,15H,6,8,10,12H2,1-5H3,(H2,22,23,25). The maximum Gasteiger partial charge on any atom is 0.350 e. The molecule has 1 unspecified atom stereocenters. The van der Waals surface area contributed by atoms with Crippen LogP contribution in [-0.2, 0) is 11.2 Å². The van der Waals surface area contributed by atoms with Crippen molar-refractivity contribution in [3.05, 3.63) is 45.4 Å². The smallest absolute Gasteiger partial charge is 0.350 e. The summed E-state index contributed by atoms with van der Waals surface area (Å²) in [6.07, 6.45) is 1.91. The van der Waals surface area contributed by atoms with Gasteiger partial charge in [0.1, 0.15) is 15.6 Å². The van der Waals surface area contributed by atoms with E-state index < -0.39 is 0 Å². The van der Waals surface area contributed by atoms with Crippen molar-refractivity contribution in [1.29, 1.82) is 0 Å². The normalized spacial score (nSPS) is 12.4. The Morgan fingerprint density at radius 1 is 1.38 bits per heavy atom. The van der Waals surface area contributed by atoms with Gasteiger partial charge in [-0.25, -0.2) is 9.78 Å². The lowest BCUT2D eigenvalue weighted by atomic mass is 10.1. The van der Waals surface area contributed by atoms with Crippen LogP contribution in [0.25, 0.3) is 0 Å². The summed E-state index contributed by atoms with van der Waals surface area (Å²) < 4.78 is 10.4. The van der Waals surface area contributed by atoms with Gasteiger partial charge in [0.15, 0.2) is 5.96 Å². The molecule has 0 aliphatic carbocycles. The number of aromatic nitrogens is 1. The highest BCUT2D eigenvalue weighted by atomic mass is 32.1. The van der Waals surface area contributed by atoms with Gasteiger partial charge in [-0.05, 0) is 51.3 Å². The summed E-state index contributed by atoms with van der Waals surface area (Å²) in [7, 11) is 3.42. The van der Waals surface area contributed by atoms with Crippen LogP contribution < -0.4 is 15.4 Å². The molecule has 0 bridgehead atoms. The second-order valence-corrected chi connectivity index (χ2v) is 7.54. The molecule has 0 radical (unpaired) electrons. The van der Waals surface area contributed by atoms with E-state index in [1.54, 1.807) is 21.1 Å². The molecule has 158 valence electrons. The summed E-state index contributed by atoms with van der Waals surface area (Å²) in [4.78, 5) is 21.3. The first-order valence-electron chi connectivity index (χ1n) is 9.73. The fraction of sp³-hybridized carbons (Fsp3) is 0.476. The molecule has 7 nitrogen and oxygen atoms in total. The first-order chi connectivity index (χ1) is 14.0. The highest BCUT2D eigenvalue weighted by Gasteiger charge is 2.20. The van der Waals surface area contributed by atoms with Crippen molar-refractivity contribution in [2.24, 2.45) is 4.99 Å². The highest BCUT2D eigenvalue weighted by Crippen LogP contribution is 2.24. The zero-order valence-electron chi connectivity index (χ0n) is 17.7. The van der Waals surface area contributed by atoms with E-state index in [0.717, 1.165) is 30.1 Å². The summed E-state index contributed by atoms with van der Waals surface area (Å²) in [6, 6.07) is 8.03. The number of hydrogen-bond acceptors (Lipinski definition) is 6. The van der Waals surface area contributed by atoms with Gasteiger partial charge in [0, 0.05) is 13.6 Å². The average molecular weight is 419 g/mol. The molecule has 0 saturated carbocycles. The molecule has 0 amide bonds. The number of guanidine groups is 1. The molecule has 29 heavy (non-hydrogen) atoms. The third-order valence-corrected chi connectivity index (χ3v) is 5.61. The molecular weight excluding hydrogens is 388 g/mol. The summed E-state index contributed by atoms with van der Waals surface area (Å²) in [6.45, 7) is 6.75. The molecule has 0 saturated heterocycles. The minimum absolute atomic E-state index is 0.0774. The van der Waals surface area contributed by atoms with E-state index in [9.17, 15) is 4.79 Å². The topological polar surface area (TPSA) is 84.8 Å². The molecule has 1 aromatic carbocycles. The van der Waals surface area contributed by atoms with E-state index in [4.69, 9.17) is 9.47 Å². The first-order valence-corrected chi connectivity index (χ1v) is 10.5. The van der Waals surface area contributed by atoms with Gasteiger partial charge in [0.05, 0.1) is 25.5 Å². The Hall–Kier alpha value is -2.61. The molecule has 0 spiro atoms. The molecule has 0 fully saturated rings. The van der Waals surface area contributed by atoms with Crippen molar-refractivity contribution in [1.82, 2.24) is 15.6 Å². The van der Waals surface area contributed by atoms with Crippen LogP contribution in [0.2, 0.25) is 0 Å². The van der Waals surface area contributed by atoms with Gasteiger partial charge >= 0.3 is 5.97 Å². The molecule has 2 aromatic rings. The van der Waals surface area contributed by atoms with Gasteiger partial charge in [-0.15, -0.1) is 11.3 Å². The monoisotopic (exact) mass is 418 g/mol. The number of esters is 1. The summed E-state index contributed by atoms with van der Waals surface area (Å²) in [5.74, 6) is 1.26. The number of rotatable bonds is 9. The van der Waals surface area contributed by atoms with Gasteiger partial charge in [-0.1, -0.05) is 12.1 Å². The van der Waals surface area contributed by atoms with Gasteiger partial charge in [-0.2, -0.15) is 0 Å². The van der Waals surface area contributed by atoms with E-state index in [0.29, 0.717) is 23.1 Å². The second kappa shape index (κ2) is 11.4. The fourth-order valence-electron chi connectivity index (χ4n) is 2.78. The van der Waals surface area contributed by atoms with Gasteiger partial charge in [0.2, 0.25) is 0 Å². The molecule has 2 rings (SSSR count). The number of carbonyl (C=O) groups excluding carboxylic acids is 1. The van der Waals surface area contributed by atoms with Crippen molar-refractivity contribution in [3.63, 3.8) is 0 Å². The Morgan fingerprint density at radius 3 is 2.86 bits per heavy atom. The van der Waals surface area contributed by atoms with Crippen LogP contribution in [0, 0.1) is 6.92 Å². The number of nitrogens with zero attached hydrogens (tertiary/aromatic N) is 2. The van der Waals surface area contributed by atoms with Crippen LogP contribution in [0.15, 0.2) is 29.3 Å². The van der Waals surface area contributed by atoms with Gasteiger partial charge in [-0.3, -0.25) is 4.99 Å². The van der Waals surface area contributed by atoms with Gasteiger partial charge < -0.3 is 20.1 Å². The van der Waals surface area contributed by atoms with Crippen molar-refractivity contribution in [3.8, 4) is 5.75 Å². The summed E-state index contributed by atoms with van der Waals surface area (Å²) in [5, 5.41) is 7.48. The van der Waals surface area contributed by atoms with Crippen molar-refractivity contribution >= 4 is 23.3 Å². The number of hydrogen-bond donors (Lipinski definition) is 2. The highest BCUT2D eigenvalue weighted by molar-refractivity contribution is 7.13. The number of methoxy groups -OCH3 is 1. The molecule has 8 heteroatoms. The predicted molar refractivity (Wildman–Crippen MR) is 117 cm³/mol. The third-order valence-electron chi connectivity index (χ3n) is 4.29. The Kier molecular flexibility index (Phi) is 8.92. The Morgan fingerprint density at radius 2 is 2.17 bits per heavy atom. The minimum atomic E-state index is -0.319. The molecule has 1 heterocycles. The lowest BCUT2D eigenvalue weighted by Crippen LogP contribution is -2.39. The number of aliphatic imine (C=N–C) groups is 1. The van der Waals surface area contributed by atoms with Crippen molar-refractivity contribution in [2.45, 2.75) is 39.7 Å². The lowest BCUT2D eigenvalue weighted by Gasteiger charge is -2.16. The SMILES string of the molecule is CCOC(=O)c1sc(C(C)NC(=NC)NCCCc2cccc(OC)c2)nc1C. The van der Waals surface area contributed by atoms with Crippen LogP contribution in [0.3, 0.4) is 0 Å². The first kappa shape index (κ1) is 22.7. The number of nitrogens with one attached hydrogen (secondary N) is 2. The fourth-order valence-corrected chi connectivity index (χ4v) is 3.74. The molecule has 0 aliphatic heterocycles. The van der Waals surface area contributed by atoms with E-state index in [-0.39, 0.29) is 12.0 Å². The van der Waals surface area contributed by atoms with Crippen molar-refractivity contribution < 1.29 is 14.3 Å². The largest absolute Gasteiger partial charge is 0.497 e. The van der Waals surface area contributed by atoms with Gasteiger partial charge in [0.25, 0.3) is 0 Å². The lowest BCUT2D eigenvalue weighted by molar-refractivity contribution is 0.0531. The average Bonchev–Trinajstić information content (AvgIpc) is 3.12. The number of benzene rings is 1. The Balaban J connectivity index is 1.84. The van der Waals surface area contributed by atoms with E-state index in [1.807, 2.05) is 26.0 Å². The molecule has 0 aliphatic rings. The second-order valence-electron chi connectivity index (χ2n) is 6.51. The molecule has 1 atom stereocenters. The van der Waals surface area contributed by atoms with Crippen LogP contribution in [0.5, 0.6) is 5.75 Å². The maximum absolute atomic E-state index is 12.0. The summed E-state index contributed by atoms with van der Waals surface area (Å²) in [5.41, 5.74) is 1.94. The maximum atomic E-state index is 12.0. The quantitative estimate of drug-likeness (QED) is 0.281. The zero-order valence-corrected chi connectivity index (χ0v) is 18.6. The van der Waals surface area contributed by atoms with Crippen LogP contribution >= 0.6 is 11.3 Å². The van der Waals surface area contributed by atoms with E-state index in [2.05, 4.69) is 32.7 Å². The van der Waals surface area contributed by atoms with Crippen LogP contribution in [0.1, 0.15) is 52.2 Å². The number of ether oxygens (including phenoxy) is 2. The third kappa shape index (κ3) is 6.74. The predicted octanol–water partition coefficient (Wildman–Crippen LogP) is 3.50. The van der Waals surface area contributed by atoms with E-state index >= 15 is 0 Å². The minimum Gasteiger partial charge on any atom is -0.497 e. The van der Waals surface area contributed by atoms with Crippen molar-refractivity contribution in [2.75, 3.05) is 27.3 Å². The number of aryl methyl sites for hydroxylation is 2. The number of thiazole rings is 1. The molecule has 1 aromatic heterocycles. The summed E-state index contributed by atoms with van der Waals surface area (Å²) >= 11 is 1.35. The zero-order chi connectivity index (χ0) is 21.2. The molecule has 2 N–H and O–H groups in total. The number of carbonyl (C=O) groups is 1. The Bertz CT molecular complexity index is 835.